The van der Waals surface area contributed by atoms with Gasteiger partial charge in [-0.1, -0.05) is 41.9 Å². The van der Waals surface area contributed by atoms with Gasteiger partial charge in [0.25, 0.3) is 0 Å². The summed E-state index contributed by atoms with van der Waals surface area (Å²) >= 11 is 3.49. The van der Waals surface area contributed by atoms with Gasteiger partial charge in [0.1, 0.15) is 11.9 Å². The van der Waals surface area contributed by atoms with Crippen LogP contribution >= 0.6 is 15.9 Å². The minimum atomic E-state index is -0.228. The fraction of sp³-hybridized carbons (Fsp3) is 0.444. The minimum Gasteiger partial charge on any atom is -0.490 e. The van der Waals surface area contributed by atoms with Crippen molar-refractivity contribution in [3.8, 4) is 5.75 Å². The third-order valence-electron chi connectivity index (χ3n) is 5.11. The molecular weight excluding hydrogens is 328 g/mol. The predicted octanol–water partition coefficient (Wildman–Crippen LogP) is 4.92. The van der Waals surface area contributed by atoms with Gasteiger partial charge in [-0.05, 0) is 47.9 Å². The van der Waals surface area contributed by atoms with E-state index in [0.717, 1.165) is 29.5 Å². The van der Waals surface area contributed by atoms with Crippen molar-refractivity contribution in [2.45, 2.75) is 45.3 Å². The highest BCUT2D eigenvalue weighted by Crippen LogP contribution is 2.49. The van der Waals surface area contributed by atoms with Crippen molar-refractivity contribution >= 4 is 26.7 Å². The Morgan fingerprint density at radius 2 is 1.81 bits per heavy atom. The maximum absolute atomic E-state index is 10.1. The van der Waals surface area contributed by atoms with Crippen molar-refractivity contribution in [2.24, 2.45) is 5.41 Å². The number of hydrogen-bond acceptors (Lipinski definition) is 2. The predicted molar refractivity (Wildman–Crippen MR) is 89.7 cm³/mol. The molecular formula is C18H21BrO2. The third kappa shape index (κ3) is 2.47. The Bertz CT molecular complexity index is 649. The summed E-state index contributed by atoms with van der Waals surface area (Å²) in [5.41, 5.74) is -0.0747. The number of hydrogen-bond donors (Lipinski definition) is 1. The zero-order chi connectivity index (χ0) is 15.0. The van der Waals surface area contributed by atoms with E-state index in [1.165, 1.54) is 10.8 Å². The molecule has 0 saturated heterocycles. The summed E-state index contributed by atoms with van der Waals surface area (Å²) in [7, 11) is 0. The Labute approximate surface area is 134 Å². The first-order chi connectivity index (χ1) is 10.1. The van der Waals surface area contributed by atoms with Gasteiger partial charge in [-0.25, -0.2) is 0 Å². The Morgan fingerprint density at radius 3 is 2.48 bits per heavy atom. The number of aliphatic hydroxyl groups excluding tert-OH is 1. The van der Waals surface area contributed by atoms with Crippen LogP contribution in [0.3, 0.4) is 0 Å². The summed E-state index contributed by atoms with van der Waals surface area (Å²) in [5.74, 6) is 0.896. The molecule has 0 bridgehead atoms. The summed E-state index contributed by atoms with van der Waals surface area (Å²) < 4.78 is 7.27. The van der Waals surface area contributed by atoms with Gasteiger partial charge in [0, 0.05) is 16.3 Å². The lowest BCUT2D eigenvalue weighted by Crippen LogP contribution is -2.59. The van der Waals surface area contributed by atoms with E-state index in [-0.39, 0.29) is 17.6 Å². The standard InChI is InChI=1S/C18H21BrO2/c1-3-18(4-2)16(20)11-17(18)21-15-8-6-12-9-14(19)7-5-13(12)10-15/h5-10,16-17,20H,3-4,11H2,1-2H3. The van der Waals surface area contributed by atoms with Crippen LogP contribution in [0.15, 0.2) is 40.9 Å². The van der Waals surface area contributed by atoms with Crippen LogP contribution in [0.5, 0.6) is 5.75 Å². The van der Waals surface area contributed by atoms with Crippen molar-refractivity contribution in [3.05, 3.63) is 40.9 Å². The van der Waals surface area contributed by atoms with Crippen LogP contribution in [0.4, 0.5) is 0 Å². The van der Waals surface area contributed by atoms with Crippen molar-refractivity contribution in [3.63, 3.8) is 0 Å². The van der Waals surface area contributed by atoms with Crippen molar-refractivity contribution in [1.29, 1.82) is 0 Å². The summed E-state index contributed by atoms with van der Waals surface area (Å²) in [4.78, 5) is 0. The molecule has 0 spiro atoms. The fourth-order valence-electron chi connectivity index (χ4n) is 3.50. The molecule has 2 aromatic rings. The summed E-state index contributed by atoms with van der Waals surface area (Å²) in [6.45, 7) is 4.28. The van der Waals surface area contributed by atoms with Gasteiger partial charge in [-0.2, -0.15) is 0 Å². The first kappa shape index (κ1) is 14.9. The van der Waals surface area contributed by atoms with E-state index in [0.29, 0.717) is 0 Å². The molecule has 1 aliphatic carbocycles. The smallest absolute Gasteiger partial charge is 0.120 e. The molecule has 1 aliphatic rings. The number of rotatable bonds is 4. The van der Waals surface area contributed by atoms with Crippen LogP contribution in [0, 0.1) is 5.41 Å². The van der Waals surface area contributed by atoms with E-state index in [1.54, 1.807) is 0 Å². The van der Waals surface area contributed by atoms with Crippen LogP contribution in [0.25, 0.3) is 10.8 Å². The summed E-state index contributed by atoms with van der Waals surface area (Å²) in [6, 6.07) is 12.4. The van der Waals surface area contributed by atoms with Gasteiger partial charge in [-0.3, -0.25) is 0 Å². The van der Waals surface area contributed by atoms with Crippen LogP contribution in [-0.2, 0) is 0 Å². The molecule has 1 fully saturated rings. The second-order valence-corrected chi connectivity index (χ2v) is 6.87. The monoisotopic (exact) mass is 348 g/mol. The molecule has 2 aromatic carbocycles. The van der Waals surface area contributed by atoms with Gasteiger partial charge in [-0.15, -0.1) is 0 Å². The number of benzene rings is 2. The van der Waals surface area contributed by atoms with E-state index < -0.39 is 0 Å². The quantitative estimate of drug-likeness (QED) is 0.849. The average Bonchev–Trinajstić information content (AvgIpc) is 2.48. The van der Waals surface area contributed by atoms with E-state index in [4.69, 9.17) is 4.74 Å². The molecule has 0 radical (unpaired) electrons. The number of fused-ring (bicyclic) bond motifs is 1. The van der Waals surface area contributed by atoms with Gasteiger partial charge in [0.2, 0.25) is 0 Å². The largest absolute Gasteiger partial charge is 0.490 e. The van der Waals surface area contributed by atoms with Crippen LogP contribution < -0.4 is 4.74 Å². The molecule has 2 unspecified atom stereocenters. The Kier molecular flexibility index (Phi) is 3.98. The minimum absolute atomic E-state index is 0.0747. The van der Waals surface area contributed by atoms with E-state index in [9.17, 15) is 5.11 Å². The molecule has 1 saturated carbocycles. The number of aliphatic hydroxyl groups is 1. The molecule has 0 aliphatic heterocycles. The summed E-state index contributed by atoms with van der Waals surface area (Å²) in [5, 5.41) is 12.5. The highest BCUT2D eigenvalue weighted by Gasteiger charge is 2.53. The first-order valence-electron chi connectivity index (χ1n) is 7.63. The van der Waals surface area contributed by atoms with Crippen LogP contribution in [-0.4, -0.2) is 17.3 Å². The number of ether oxygens (including phenoxy) is 1. The van der Waals surface area contributed by atoms with E-state index >= 15 is 0 Å². The molecule has 2 nitrogen and oxygen atoms in total. The highest BCUT2D eigenvalue weighted by atomic mass is 79.9. The molecule has 3 rings (SSSR count). The molecule has 0 aromatic heterocycles. The van der Waals surface area contributed by atoms with Gasteiger partial charge in [0.15, 0.2) is 0 Å². The Hall–Kier alpha value is -1.06. The second-order valence-electron chi connectivity index (χ2n) is 5.95. The maximum atomic E-state index is 10.1. The van der Waals surface area contributed by atoms with Crippen molar-refractivity contribution in [2.75, 3.05) is 0 Å². The molecule has 21 heavy (non-hydrogen) atoms. The zero-order valence-corrected chi connectivity index (χ0v) is 14.1. The molecule has 0 heterocycles. The van der Waals surface area contributed by atoms with E-state index in [2.05, 4.69) is 54.0 Å². The fourth-order valence-corrected chi connectivity index (χ4v) is 3.88. The Morgan fingerprint density at radius 1 is 1.14 bits per heavy atom. The van der Waals surface area contributed by atoms with Crippen molar-refractivity contribution < 1.29 is 9.84 Å². The molecule has 2 atom stereocenters. The van der Waals surface area contributed by atoms with Crippen molar-refractivity contribution in [1.82, 2.24) is 0 Å². The van der Waals surface area contributed by atoms with E-state index in [1.807, 2.05) is 12.1 Å². The third-order valence-corrected chi connectivity index (χ3v) is 5.60. The zero-order valence-electron chi connectivity index (χ0n) is 12.5. The molecule has 0 amide bonds. The summed E-state index contributed by atoms with van der Waals surface area (Å²) in [6.07, 6.45) is 2.54. The number of halogens is 1. The highest BCUT2D eigenvalue weighted by molar-refractivity contribution is 9.10. The van der Waals surface area contributed by atoms with Gasteiger partial charge < -0.3 is 9.84 Å². The average molecular weight is 349 g/mol. The second kappa shape index (κ2) is 5.62. The lowest BCUT2D eigenvalue weighted by Gasteiger charge is -2.52. The lowest BCUT2D eigenvalue weighted by atomic mass is 9.60. The van der Waals surface area contributed by atoms with Crippen LogP contribution in [0.1, 0.15) is 33.1 Å². The SMILES string of the molecule is CCC1(CC)C(O)CC1Oc1ccc2cc(Br)ccc2c1. The van der Waals surface area contributed by atoms with Gasteiger partial charge in [0.05, 0.1) is 6.10 Å². The molecule has 112 valence electrons. The van der Waals surface area contributed by atoms with Gasteiger partial charge >= 0.3 is 0 Å². The molecule has 1 N–H and O–H groups in total. The molecule has 3 heteroatoms. The maximum Gasteiger partial charge on any atom is 0.120 e. The topological polar surface area (TPSA) is 29.5 Å². The normalized spacial score (nSPS) is 23.8. The first-order valence-corrected chi connectivity index (χ1v) is 8.42. The lowest BCUT2D eigenvalue weighted by molar-refractivity contribution is -0.159. The Balaban J connectivity index is 1.84. The van der Waals surface area contributed by atoms with Crippen LogP contribution in [0.2, 0.25) is 0 Å².